The van der Waals surface area contributed by atoms with Crippen molar-refractivity contribution >= 4 is 29.5 Å². The monoisotopic (exact) mass is 398 g/mol. The molecule has 0 saturated carbocycles. The van der Waals surface area contributed by atoms with Crippen LogP contribution in [0.25, 0.3) is 5.76 Å². The van der Waals surface area contributed by atoms with Gasteiger partial charge in [0.05, 0.1) is 5.57 Å². The van der Waals surface area contributed by atoms with Crippen molar-refractivity contribution < 1.29 is 27.8 Å². The zero-order valence-corrected chi connectivity index (χ0v) is 14.4. The van der Waals surface area contributed by atoms with Crippen LogP contribution >= 0.6 is 11.6 Å². The first-order chi connectivity index (χ1) is 12.7. The number of carbonyl (C=O) groups excluding carboxylic acids is 1. The molecule has 0 saturated heterocycles. The molecule has 142 valence electrons. The number of rotatable bonds is 6. The molecule has 0 atom stereocenters. The van der Waals surface area contributed by atoms with Crippen molar-refractivity contribution in [2.45, 2.75) is 12.9 Å². The Morgan fingerprint density at radius 1 is 1.22 bits per heavy atom. The van der Waals surface area contributed by atoms with E-state index in [2.05, 4.69) is 10.1 Å². The molecular formula is C18H14ClF3N2O3. The second kappa shape index (κ2) is 8.59. The summed E-state index contributed by atoms with van der Waals surface area (Å²) in [4.78, 5) is 12.2. The van der Waals surface area contributed by atoms with Gasteiger partial charge >= 0.3 is 6.36 Å². The maximum atomic E-state index is 12.2. The van der Waals surface area contributed by atoms with Crippen molar-refractivity contribution in [1.82, 2.24) is 5.32 Å². The molecule has 0 aliphatic heterocycles. The maximum Gasteiger partial charge on any atom is 0.573 e. The zero-order chi connectivity index (χ0) is 20.0. The van der Waals surface area contributed by atoms with Crippen LogP contribution in [0.5, 0.6) is 5.75 Å². The van der Waals surface area contributed by atoms with Crippen LogP contribution in [0.2, 0.25) is 5.02 Å². The van der Waals surface area contributed by atoms with Gasteiger partial charge in [0.1, 0.15) is 11.5 Å². The van der Waals surface area contributed by atoms with E-state index < -0.39 is 18.0 Å². The molecule has 2 aromatic carbocycles. The average Bonchev–Trinajstić information content (AvgIpc) is 2.60. The second-order valence-electron chi connectivity index (χ2n) is 5.29. The van der Waals surface area contributed by atoms with Crippen molar-refractivity contribution in [3.05, 3.63) is 70.3 Å². The van der Waals surface area contributed by atoms with Crippen molar-refractivity contribution in [3.63, 3.8) is 0 Å². The molecule has 1 amide bonds. The van der Waals surface area contributed by atoms with E-state index in [0.717, 1.165) is 12.1 Å². The SMILES string of the molecule is N=C/C(C(=O)NCc1ccc(OC(F)(F)F)cc1)=C(\O)c1cccc(Cl)c1. The molecule has 0 spiro atoms. The van der Waals surface area contributed by atoms with Crippen LogP contribution in [0.15, 0.2) is 54.1 Å². The lowest BCUT2D eigenvalue weighted by atomic mass is 10.1. The molecule has 0 fully saturated rings. The Labute approximate surface area is 157 Å². The van der Waals surface area contributed by atoms with Crippen LogP contribution in [-0.4, -0.2) is 23.6 Å². The predicted molar refractivity (Wildman–Crippen MR) is 94.8 cm³/mol. The largest absolute Gasteiger partial charge is 0.573 e. The summed E-state index contributed by atoms with van der Waals surface area (Å²) in [5, 5.41) is 20.4. The van der Waals surface area contributed by atoms with E-state index in [0.29, 0.717) is 16.8 Å². The van der Waals surface area contributed by atoms with Gasteiger partial charge in [0, 0.05) is 23.3 Å². The van der Waals surface area contributed by atoms with Crippen LogP contribution in [0.1, 0.15) is 11.1 Å². The van der Waals surface area contributed by atoms with Crippen LogP contribution in [-0.2, 0) is 11.3 Å². The number of carbonyl (C=O) groups is 1. The highest BCUT2D eigenvalue weighted by molar-refractivity contribution is 6.30. The van der Waals surface area contributed by atoms with Gasteiger partial charge in [-0.1, -0.05) is 35.9 Å². The fourth-order valence-electron chi connectivity index (χ4n) is 2.12. The van der Waals surface area contributed by atoms with Gasteiger partial charge in [-0.15, -0.1) is 13.2 Å². The van der Waals surface area contributed by atoms with E-state index in [4.69, 9.17) is 17.0 Å². The molecule has 9 heteroatoms. The highest BCUT2D eigenvalue weighted by Gasteiger charge is 2.30. The van der Waals surface area contributed by atoms with E-state index >= 15 is 0 Å². The fraction of sp³-hybridized carbons (Fsp3) is 0.111. The van der Waals surface area contributed by atoms with Gasteiger partial charge in [-0.3, -0.25) is 4.79 Å². The standard InChI is InChI=1S/C18H14ClF3N2O3/c19-13-3-1-2-12(8-13)16(25)15(9-23)17(26)24-10-11-4-6-14(7-5-11)27-18(20,21)22/h1-9,23,25H,10H2,(H,24,26)/b16-15+,23-9?. The Balaban J connectivity index is 2.07. The Kier molecular flexibility index (Phi) is 6.46. The smallest absolute Gasteiger partial charge is 0.506 e. The third-order valence-corrected chi connectivity index (χ3v) is 3.59. The number of halogens is 4. The number of hydrogen-bond acceptors (Lipinski definition) is 4. The van der Waals surface area contributed by atoms with Gasteiger partial charge in [0.25, 0.3) is 5.91 Å². The van der Waals surface area contributed by atoms with E-state index in [1.165, 1.54) is 24.3 Å². The van der Waals surface area contributed by atoms with Crippen molar-refractivity contribution in [3.8, 4) is 5.75 Å². The van der Waals surface area contributed by atoms with Gasteiger partial charge in [0.2, 0.25) is 0 Å². The summed E-state index contributed by atoms with van der Waals surface area (Å²) in [5.41, 5.74) is 0.489. The molecule has 0 unspecified atom stereocenters. The van der Waals surface area contributed by atoms with Gasteiger partial charge in [0.15, 0.2) is 0 Å². The lowest BCUT2D eigenvalue weighted by molar-refractivity contribution is -0.274. The molecule has 0 heterocycles. The van der Waals surface area contributed by atoms with Gasteiger partial charge in [-0.05, 0) is 29.8 Å². The number of aliphatic hydroxyl groups is 1. The minimum absolute atomic E-state index is 0.0225. The maximum absolute atomic E-state index is 12.2. The summed E-state index contributed by atoms with van der Waals surface area (Å²) >= 11 is 5.84. The van der Waals surface area contributed by atoms with Gasteiger partial charge < -0.3 is 20.6 Å². The highest BCUT2D eigenvalue weighted by atomic mass is 35.5. The van der Waals surface area contributed by atoms with Crippen LogP contribution < -0.4 is 10.1 Å². The van der Waals surface area contributed by atoms with Crippen LogP contribution in [0.4, 0.5) is 13.2 Å². The molecular weight excluding hydrogens is 385 g/mol. The van der Waals surface area contributed by atoms with Gasteiger partial charge in [-0.25, -0.2) is 0 Å². The molecule has 27 heavy (non-hydrogen) atoms. The van der Waals surface area contributed by atoms with E-state index in [-0.39, 0.29) is 23.4 Å². The van der Waals surface area contributed by atoms with E-state index in [1.54, 1.807) is 12.1 Å². The second-order valence-corrected chi connectivity index (χ2v) is 5.73. The Morgan fingerprint density at radius 2 is 1.89 bits per heavy atom. The van der Waals surface area contributed by atoms with E-state index in [1.807, 2.05) is 0 Å². The Morgan fingerprint density at radius 3 is 2.44 bits per heavy atom. The predicted octanol–water partition coefficient (Wildman–Crippen LogP) is 4.47. The summed E-state index contributed by atoms with van der Waals surface area (Å²) in [6.45, 7) is -0.0225. The number of alkyl halides is 3. The number of nitrogens with one attached hydrogen (secondary N) is 2. The zero-order valence-electron chi connectivity index (χ0n) is 13.7. The number of amides is 1. The minimum atomic E-state index is -4.78. The van der Waals surface area contributed by atoms with Crippen molar-refractivity contribution in [2.75, 3.05) is 0 Å². The minimum Gasteiger partial charge on any atom is -0.506 e. The average molecular weight is 399 g/mol. The Bertz CT molecular complexity index is 865. The number of hydrogen-bond donors (Lipinski definition) is 3. The lowest BCUT2D eigenvalue weighted by Gasteiger charge is -2.10. The summed E-state index contributed by atoms with van der Waals surface area (Å²) in [5.74, 6) is -1.52. The normalized spacial score (nSPS) is 12.1. The molecule has 0 bridgehead atoms. The first kappa shape index (κ1) is 20.3. The highest BCUT2D eigenvalue weighted by Crippen LogP contribution is 2.23. The first-order valence-corrected chi connectivity index (χ1v) is 7.90. The van der Waals surface area contributed by atoms with Crippen LogP contribution in [0.3, 0.4) is 0 Å². The summed E-state index contributed by atoms with van der Waals surface area (Å²) in [6, 6.07) is 11.1. The summed E-state index contributed by atoms with van der Waals surface area (Å²) < 4.78 is 40.1. The summed E-state index contributed by atoms with van der Waals surface area (Å²) in [6.07, 6.45) is -4.08. The van der Waals surface area contributed by atoms with Crippen molar-refractivity contribution in [1.29, 1.82) is 5.41 Å². The first-order valence-electron chi connectivity index (χ1n) is 7.52. The molecule has 0 aromatic heterocycles. The molecule has 0 radical (unpaired) electrons. The fourth-order valence-corrected chi connectivity index (χ4v) is 2.31. The quantitative estimate of drug-likeness (QED) is 0.381. The molecule has 5 nitrogen and oxygen atoms in total. The van der Waals surface area contributed by atoms with Gasteiger partial charge in [-0.2, -0.15) is 0 Å². The number of ether oxygens (including phenoxy) is 1. The van der Waals surface area contributed by atoms with E-state index in [9.17, 15) is 23.1 Å². The number of benzene rings is 2. The third-order valence-electron chi connectivity index (χ3n) is 3.35. The molecule has 2 aromatic rings. The Hall–Kier alpha value is -3.00. The molecule has 0 aliphatic carbocycles. The lowest BCUT2D eigenvalue weighted by Crippen LogP contribution is -2.26. The summed E-state index contributed by atoms with van der Waals surface area (Å²) in [7, 11) is 0. The topological polar surface area (TPSA) is 82.4 Å². The van der Waals surface area contributed by atoms with Crippen molar-refractivity contribution in [2.24, 2.45) is 0 Å². The molecule has 2 rings (SSSR count). The third kappa shape index (κ3) is 6.03. The number of aliphatic hydroxyl groups excluding tert-OH is 1. The molecule has 3 N–H and O–H groups in total. The van der Waals surface area contributed by atoms with Crippen LogP contribution in [0, 0.1) is 5.41 Å². The molecule has 0 aliphatic rings.